The summed E-state index contributed by atoms with van der Waals surface area (Å²) in [6.45, 7) is 2.33. The molecule has 0 aliphatic rings. The van der Waals surface area contributed by atoms with Gasteiger partial charge in [-0.25, -0.2) is 0 Å². The van der Waals surface area contributed by atoms with E-state index >= 15 is 0 Å². The summed E-state index contributed by atoms with van der Waals surface area (Å²) in [5.41, 5.74) is 0. The van der Waals surface area contributed by atoms with Crippen LogP contribution in [-0.2, 0) is 23.8 Å². The standard InChI is InChI=1S/C54H89NO7/c1-5-6-7-8-9-10-11-12-13-14-15-16-17-18-19-20-21-22-23-24-25-26-27-28-29-30-31-32-33-34-35-36-37-38-39-40-41-42-43-44-45-46-52(57)61-49-51(56)50-62-54(53(58)59)60-48-47-55(2,3)4/h6-7,9-10,12-13,15-16,18-19,21-22,24-25,27-28,30-31,51,54,56H,5,8,11,14,17,20,23,26,29,32-50H2,1-4H3/b7-6-,10-9-,13-12-,16-15-,19-18-,22-21-,25-24-,28-27-,31-30-. The van der Waals surface area contributed by atoms with Crippen molar-refractivity contribution < 1.29 is 38.5 Å². The molecule has 0 aliphatic carbocycles. The van der Waals surface area contributed by atoms with Gasteiger partial charge in [0, 0.05) is 6.42 Å². The van der Waals surface area contributed by atoms with Gasteiger partial charge in [-0.05, 0) is 77.0 Å². The molecule has 0 fully saturated rings. The Morgan fingerprint density at radius 1 is 0.500 bits per heavy atom. The number of aliphatic hydroxyl groups is 1. The highest BCUT2D eigenvalue weighted by Crippen LogP contribution is 2.14. The van der Waals surface area contributed by atoms with Gasteiger partial charge in [-0.1, -0.05) is 187 Å². The first-order valence-corrected chi connectivity index (χ1v) is 24.1. The average molecular weight is 864 g/mol. The van der Waals surface area contributed by atoms with Gasteiger partial charge in [-0.2, -0.15) is 0 Å². The summed E-state index contributed by atoms with van der Waals surface area (Å²) in [7, 11) is 5.87. The lowest BCUT2D eigenvalue weighted by atomic mass is 10.0. The van der Waals surface area contributed by atoms with Crippen LogP contribution in [0.3, 0.4) is 0 Å². The Kier molecular flexibility index (Phi) is 42.9. The quantitative estimate of drug-likeness (QED) is 0.0214. The Morgan fingerprint density at radius 3 is 1.23 bits per heavy atom. The highest BCUT2D eigenvalue weighted by molar-refractivity contribution is 5.69. The fourth-order valence-corrected chi connectivity index (χ4v) is 6.05. The number of allylic oxidation sites excluding steroid dienone is 18. The van der Waals surface area contributed by atoms with E-state index < -0.39 is 18.4 Å². The fourth-order valence-electron chi connectivity index (χ4n) is 6.05. The third kappa shape index (κ3) is 47.5. The molecular formula is C54H89NO7. The van der Waals surface area contributed by atoms with E-state index in [9.17, 15) is 19.8 Å². The summed E-state index contributed by atoms with van der Waals surface area (Å²) in [6, 6.07) is 0. The van der Waals surface area contributed by atoms with Crippen LogP contribution in [0.1, 0.15) is 161 Å². The smallest absolute Gasteiger partial charge is 0.305 e. The van der Waals surface area contributed by atoms with Gasteiger partial charge in [-0.15, -0.1) is 0 Å². The third-order valence-corrected chi connectivity index (χ3v) is 9.77. The van der Waals surface area contributed by atoms with Gasteiger partial charge < -0.3 is 33.7 Å². The lowest BCUT2D eigenvalue weighted by Gasteiger charge is -2.26. The number of carbonyl (C=O) groups is 2. The number of aliphatic hydroxyl groups excluding tert-OH is 1. The Bertz CT molecular complexity index is 1310. The van der Waals surface area contributed by atoms with Crippen molar-refractivity contribution in [3.8, 4) is 0 Å². The van der Waals surface area contributed by atoms with Gasteiger partial charge in [0.1, 0.15) is 19.3 Å². The predicted molar refractivity (Wildman–Crippen MR) is 259 cm³/mol. The monoisotopic (exact) mass is 864 g/mol. The summed E-state index contributed by atoms with van der Waals surface area (Å²) in [6.07, 6.45) is 64.2. The summed E-state index contributed by atoms with van der Waals surface area (Å²) in [4.78, 5) is 23.2. The van der Waals surface area contributed by atoms with Crippen molar-refractivity contribution in [2.75, 3.05) is 47.5 Å². The molecule has 2 atom stereocenters. The number of unbranched alkanes of at least 4 members (excludes halogenated alkanes) is 13. The van der Waals surface area contributed by atoms with E-state index in [4.69, 9.17) is 14.2 Å². The van der Waals surface area contributed by atoms with E-state index in [1.165, 1.54) is 70.6 Å². The second-order valence-electron chi connectivity index (χ2n) is 16.9. The predicted octanol–water partition coefficient (Wildman–Crippen LogP) is 12.1. The Labute approximate surface area is 379 Å². The topological polar surface area (TPSA) is 105 Å². The van der Waals surface area contributed by atoms with Crippen LogP contribution in [0.2, 0.25) is 0 Å². The number of rotatable bonds is 43. The second kappa shape index (κ2) is 45.5. The van der Waals surface area contributed by atoms with Crippen LogP contribution in [0.25, 0.3) is 0 Å². The van der Waals surface area contributed by atoms with Gasteiger partial charge in [0.25, 0.3) is 0 Å². The van der Waals surface area contributed by atoms with Crippen molar-refractivity contribution >= 4 is 11.9 Å². The van der Waals surface area contributed by atoms with Crippen LogP contribution in [0.15, 0.2) is 109 Å². The molecule has 0 bridgehead atoms. The van der Waals surface area contributed by atoms with Crippen molar-refractivity contribution in [2.45, 2.75) is 173 Å². The maximum Gasteiger partial charge on any atom is 0.305 e. The summed E-state index contributed by atoms with van der Waals surface area (Å²) in [5.74, 6) is -1.88. The first kappa shape index (κ1) is 58.4. The van der Waals surface area contributed by atoms with Crippen LogP contribution in [0.5, 0.6) is 0 Å². The minimum atomic E-state index is -1.58. The Hall–Kier alpha value is -3.56. The lowest BCUT2D eigenvalue weighted by molar-refractivity contribution is -0.870. The van der Waals surface area contributed by atoms with Crippen molar-refractivity contribution in [1.82, 2.24) is 0 Å². The number of likely N-dealkylation sites (N-methyl/N-ethyl adjacent to an activating group) is 1. The molecule has 62 heavy (non-hydrogen) atoms. The molecule has 1 N–H and O–H groups in total. The SMILES string of the molecule is CC/C=C\C/C=C\C/C=C\C/C=C\C/C=C\C/C=C\C/C=C\C/C=C\C/C=C\CCCCCCCCCCCCCCCC(=O)OCC(O)COC(OCC[N+](C)(C)C)C(=O)[O-]. The van der Waals surface area contributed by atoms with E-state index in [1.807, 2.05) is 21.1 Å². The number of aliphatic carboxylic acids is 1. The molecule has 8 nitrogen and oxygen atoms in total. The molecule has 0 amide bonds. The summed E-state index contributed by atoms with van der Waals surface area (Å²) >= 11 is 0. The molecule has 0 radical (unpaired) electrons. The molecule has 8 heteroatoms. The van der Waals surface area contributed by atoms with Crippen LogP contribution in [0.4, 0.5) is 0 Å². The number of ether oxygens (including phenoxy) is 3. The molecule has 0 aromatic carbocycles. The number of carboxylic acids is 1. The number of hydrogen-bond acceptors (Lipinski definition) is 7. The maximum absolute atomic E-state index is 12.0. The van der Waals surface area contributed by atoms with Crippen molar-refractivity contribution in [3.63, 3.8) is 0 Å². The van der Waals surface area contributed by atoms with Gasteiger partial charge in [0.15, 0.2) is 6.29 Å². The molecule has 0 saturated carbocycles. The van der Waals surface area contributed by atoms with Crippen molar-refractivity contribution in [2.24, 2.45) is 0 Å². The summed E-state index contributed by atoms with van der Waals surface area (Å²) < 4.78 is 16.0. The van der Waals surface area contributed by atoms with Crippen LogP contribution in [-0.4, -0.2) is 81.4 Å². The maximum atomic E-state index is 12.0. The van der Waals surface area contributed by atoms with E-state index in [1.54, 1.807) is 0 Å². The zero-order chi connectivity index (χ0) is 45.5. The first-order valence-electron chi connectivity index (χ1n) is 24.1. The van der Waals surface area contributed by atoms with Crippen LogP contribution < -0.4 is 5.11 Å². The van der Waals surface area contributed by atoms with Crippen molar-refractivity contribution in [1.29, 1.82) is 0 Å². The lowest BCUT2D eigenvalue weighted by Crippen LogP contribution is -2.44. The molecule has 0 rings (SSSR count). The third-order valence-electron chi connectivity index (χ3n) is 9.77. The fraction of sp³-hybridized carbons (Fsp3) is 0.630. The minimum absolute atomic E-state index is 0.166. The number of carbonyl (C=O) groups excluding carboxylic acids is 2. The van der Waals surface area contributed by atoms with Gasteiger partial charge in [-0.3, -0.25) is 4.79 Å². The molecule has 0 aromatic rings. The Balaban J connectivity index is 3.54. The molecule has 0 heterocycles. The van der Waals surface area contributed by atoms with Crippen LogP contribution in [0, 0.1) is 0 Å². The zero-order valence-electron chi connectivity index (χ0n) is 39.7. The number of hydrogen-bond donors (Lipinski definition) is 1. The van der Waals surface area contributed by atoms with Gasteiger partial charge in [0.05, 0.1) is 40.3 Å². The molecule has 0 aliphatic heterocycles. The molecular weight excluding hydrogens is 775 g/mol. The zero-order valence-corrected chi connectivity index (χ0v) is 39.7. The molecule has 0 aromatic heterocycles. The summed E-state index contributed by atoms with van der Waals surface area (Å²) in [5, 5.41) is 21.2. The number of carboxylic acid groups (broad SMARTS) is 1. The number of nitrogens with zero attached hydrogens (tertiary/aromatic N) is 1. The molecule has 0 saturated heterocycles. The highest BCUT2D eigenvalue weighted by atomic mass is 16.7. The number of quaternary nitrogens is 1. The van der Waals surface area contributed by atoms with Crippen molar-refractivity contribution in [3.05, 3.63) is 109 Å². The average Bonchev–Trinajstić information content (AvgIpc) is 3.24. The second-order valence-corrected chi connectivity index (χ2v) is 16.9. The first-order chi connectivity index (χ1) is 30.2. The largest absolute Gasteiger partial charge is 0.545 e. The molecule has 0 spiro atoms. The molecule has 2 unspecified atom stereocenters. The minimum Gasteiger partial charge on any atom is -0.545 e. The normalized spacial score (nSPS) is 14.0. The van der Waals surface area contributed by atoms with E-state index in [-0.39, 0.29) is 25.8 Å². The van der Waals surface area contributed by atoms with E-state index in [2.05, 4.69) is 116 Å². The van der Waals surface area contributed by atoms with E-state index in [0.29, 0.717) is 17.4 Å². The van der Waals surface area contributed by atoms with Crippen LogP contribution >= 0.6 is 0 Å². The highest BCUT2D eigenvalue weighted by Gasteiger charge is 2.17. The van der Waals surface area contributed by atoms with E-state index in [0.717, 1.165) is 77.0 Å². The van der Waals surface area contributed by atoms with Gasteiger partial charge in [0.2, 0.25) is 0 Å². The van der Waals surface area contributed by atoms with Gasteiger partial charge >= 0.3 is 5.97 Å². The number of esters is 1. The Morgan fingerprint density at radius 2 is 0.855 bits per heavy atom. The molecule has 352 valence electrons.